The molecule has 2 aromatic carbocycles. The fourth-order valence-corrected chi connectivity index (χ4v) is 2.44. The number of carbonyl (C=O) groups is 1. The van der Waals surface area contributed by atoms with Crippen LogP contribution in [0.15, 0.2) is 47.6 Å². The highest BCUT2D eigenvalue weighted by Crippen LogP contribution is 2.26. The van der Waals surface area contributed by atoms with E-state index in [0.717, 1.165) is 27.8 Å². The molecule has 3 aromatic rings. The van der Waals surface area contributed by atoms with Gasteiger partial charge in [-0.3, -0.25) is 9.89 Å². The molecule has 0 fully saturated rings. The van der Waals surface area contributed by atoms with Crippen LogP contribution < -0.4 is 10.2 Å². The molecule has 1 heterocycles. The van der Waals surface area contributed by atoms with Gasteiger partial charge >= 0.3 is 0 Å². The summed E-state index contributed by atoms with van der Waals surface area (Å²) < 4.78 is 5.67. The minimum Gasteiger partial charge on any atom is -0.493 e. The second-order valence-corrected chi connectivity index (χ2v) is 5.27. The first-order chi connectivity index (χ1) is 11.7. The van der Waals surface area contributed by atoms with Gasteiger partial charge in [-0.15, -0.1) is 0 Å². The van der Waals surface area contributed by atoms with Crippen LogP contribution in [0.1, 0.15) is 28.7 Å². The molecule has 0 atom stereocenters. The van der Waals surface area contributed by atoms with E-state index in [-0.39, 0.29) is 5.91 Å². The number of hydrogen-bond donors (Lipinski definition) is 2. The zero-order valence-corrected chi connectivity index (χ0v) is 13.5. The predicted octanol–water partition coefficient (Wildman–Crippen LogP) is 3.03. The van der Waals surface area contributed by atoms with Gasteiger partial charge in [-0.25, -0.2) is 5.43 Å². The van der Waals surface area contributed by atoms with E-state index >= 15 is 0 Å². The van der Waals surface area contributed by atoms with Gasteiger partial charge in [0.05, 0.1) is 12.8 Å². The molecular weight excluding hydrogens is 304 g/mol. The van der Waals surface area contributed by atoms with Gasteiger partial charge in [0.2, 0.25) is 0 Å². The Bertz CT molecular complexity index is 899. The van der Waals surface area contributed by atoms with E-state index in [2.05, 4.69) is 20.7 Å². The maximum absolute atomic E-state index is 12.0. The molecular formula is C18H18N4O2. The van der Waals surface area contributed by atoms with E-state index in [1.165, 1.54) is 0 Å². The number of rotatable bonds is 5. The average molecular weight is 322 g/mol. The fraction of sp³-hybridized carbons (Fsp3) is 0.167. The highest BCUT2D eigenvalue weighted by atomic mass is 16.5. The molecule has 0 radical (unpaired) electrons. The number of aromatic nitrogens is 2. The Morgan fingerprint density at radius 3 is 2.92 bits per heavy atom. The van der Waals surface area contributed by atoms with Gasteiger partial charge in [0.15, 0.2) is 5.69 Å². The third kappa shape index (κ3) is 3.27. The smallest absolute Gasteiger partial charge is 0.291 e. The molecule has 0 aliphatic carbocycles. The zero-order valence-electron chi connectivity index (χ0n) is 13.5. The first-order valence-corrected chi connectivity index (χ1v) is 7.69. The number of nitrogens with zero attached hydrogens (tertiary/aromatic N) is 2. The van der Waals surface area contributed by atoms with E-state index in [0.29, 0.717) is 12.3 Å². The first-order valence-electron chi connectivity index (χ1n) is 7.69. The van der Waals surface area contributed by atoms with Crippen molar-refractivity contribution < 1.29 is 9.53 Å². The van der Waals surface area contributed by atoms with Gasteiger partial charge in [-0.2, -0.15) is 10.2 Å². The van der Waals surface area contributed by atoms with Gasteiger partial charge in [0.25, 0.3) is 5.91 Å². The van der Waals surface area contributed by atoms with Gasteiger partial charge < -0.3 is 4.74 Å². The number of fused-ring (bicyclic) bond motifs is 1. The van der Waals surface area contributed by atoms with Crippen molar-refractivity contribution in [2.75, 3.05) is 6.61 Å². The van der Waals surface area contributed by atoms with Crippen LogP contribution in [0.3, 0.4) is 0 Å². The fourth-order valence-electron chi connectivity index (χ4n) is 2.44. The Labute approximate surface area is 139 Å². The van der Waals surface area contributed by atoms with Gasteiger partial charge in [-0.1, -0.05) is 30.3 Å². The van der Waals surface area contributed by atoms with Crippen molar-refractivity contribution >= 4 is 22.9 Å². The van der Waals surface area contributed by atoms with Crippen molar-refractivity contribution in [1.29, 1.82) is 0 Å². The third-order valence-corrected chi connectivity index (χ3v) is 3.53. The number of ether oxygens (including phenoxy) is 1. The largest absolute Gasteiger partial charge is 0.493 e. The van der Waals surface area contributed by atoms with E-state index in [1.807, 2.05) is 50.2 Å². The van der Waals surface area contributed by atoms with Gasteiger partial charge in [0, 0.05) is 11.3 Å². The summed E-state index contributed by atoms with van der Waals surface area (Å²) >= 11 is 0. The number of H-pyrrole nitrogens is 1. The number of aryl methyl sites for hydroxylation is 1. The molecule has 1 aromatic heterocycles. The van der Waals surface area contributed by atoms with Crippen LogP contribution in [0.25, 0.3) is 10.8 Å². The van der Waals surface area contributed by atoms with E-state index in [1.54, 1.807) is 12.3 Å². The molecule has 3 rings (SSSR count). The molecule has 0 aliphatic rings. The predicted molar refractivity (Wildman–Crippen MR) is 93.5 cm³/mol. The molecule has 1 amide bonds. The number of hydrazone groups is 1. The van der Waals surface area contributed by atoms with Crippen molar-refractivity contribution in [3.8, 4) is 5.75 Å². The summed E-state index contributed by atoms with van der Waals surface area (Å²) in [5.74, 6) is 0.360. The monoisotopic (exact) mass is 322 g/mol. The minimum absolute atomic E-state index is 0.299. The Morgan fingerprint density at radius 1 is 1.33 bits per heavy atom. The summed E-state index contributed by atoms with van der Waals surface area (Å²) in [5, 5.41) is 12.8. The summed E-state index contributed by atoms with van der Waals surface area (Å²) in [5.41, 5.74) is 4.43. The Kier molecular flexibility index (Phi) is 4.56. The van der Waals surface area contributed by atoms with Crippen LogP contribution in [0.4, 0.5) is 0 Å². The number of aromatic amines is 1. The summed E-state index contributed by atoms with van der Waals surface area (Å²) in [6.07, 6.45) is 1.60. The van der Waals surface area contributed by atoms with E-state index in [9.17, 15) is 4.79 Å². The number of carbonyl (C=O) groups excluding carboxylic acids is 1. The molecule has 6 nitrogen and oxygen atoms in total. The van der Waals surface area contributed by atoms with Crippen molar-refractivity contribution in [2.24, 2.45) is 5.10 Å². The Balaban J connectivity index is 1.87. The lowest BCUT2D eigenvalue weighted by molar-refractivity contribution is 0.0950. The number of hydrogen-bond acceptors (Lipinski definition) is 4. The van der Waals surface area contributed by atoms with Crippen LogP contribution in [-0.2, 0) is 0 Å². The summed E-state index contributed by atoms with van der Waals surface area (Å²) in [7, 11) is 0. The summed E-state index contributed by atoms with van der Waals surface area (Å²) in [6.45, 7) is 4.31. The van der Waals surface area contributed by atoms with Crippen molar-refractivity contribution in [3.63, 3.8) is 0 Å². The second kappa shape index (κ2) is 6.95. The number of amides is 1. The van der Waals surface area contributed by atoms with E-state index in [4.69, 9.17) is 4.74 Å². The molecule has 24 heavy (non-hydrogen) atoms. The highest BCUT2D eigenvalue weighted by molar-refractivity contribution is 6.03. The Hall–Kier alpha value is -3.15. The summed E-state index contributed by atoms with van der Waals surface area (Å²) in [4.78, 5) is 12.0. The minimum atomic E-state index is -0.367. The molecule has 0 saturated carbocycles. The second-order valence-electron chi connectivity index (χ2n) is 5.27. The topological polar surface area (TPSA) is 79.4 Å². The standard InChI is InChI=1S/C18H18N4O2/c1-3-24-17-9-8-13-6-4-5-7-14(13)15(17)11-19-22-18(23)16-10-12(2)20-21-16/h4-11H,3H2,1-2H3,(H,20,21)(H,22,23)/b19-11-. The van der Waals surface area contributed by atoms with Crippen LogP contribution in [0.2, 0.25) is 0 Å². The molecule has 6 heteroatoms. The van der Waals surface area contributed by atoms with Gasteiger partial charge in [0.1, 0.15) is 5.75 Å². The normalized spacial score (nSPS) is 11.1. The van der Waals surface area contributed by atoms with Gasteiger partial charge in [-0.05, 0) is 36.8 Å². The maximum atomic E-state index is 12.0. The molecule has 0 saturated heterocycles. The molecule has 0 bridgehead atoms. The molecule has 0 aliphatic heterocycles. The SMILES string of the molecule is CCOc1ccc2ccccc2c1/C=N\NC(=O)c1cc(C)[nH]n1. The lowest BCUT2D eigenvalue weighted by atomic mass is 10.0. The van der Waals surface area contributed by atoms with Crippen LogP contribution in [0.5, 0.6) is 5.75 Å². The number of nitrogens with one attached hydrogen (secondary N) is 2. The van der Waals surface area contributed by atoms with Crippen LogP contribution in [-0.4, -0.2) is 28.9 Å². The first kappa shape index (κ1) is 15.7. The van der Waals surface area contributed by atoms with Crippen molar-refractivity contribution in [3.05, 3.63) is 59.4 Å². The Morgan fingerprint density at radius 2 is 2.17 bits per heavy atom. The van der Waals surface area contributed by atoms with Crippen LogP contribution in [0, 0.1) is 6.92 Å². The molecule has 2 N–H and O–H groups in total. The average Bonchev–Trinajstić information content (AvgIpc) is 3.03. The third-order valence-electron chi connectivity index (χ3n) is 3.53. The molecule has 0 unspecified atom stereocenters. The van der Waals surface area contributed by atoms with E-state index < -0.39 is 0 Å². The van der Waals surface area contributed by atoms with Crippen LogP contribution >= 0.6 is 0 Å². The molecule has 0 spiro atoms. The molecule has 122 valence electrons. The zero-order chi connectivity index (χ0) is 16.9. The highest BCUT2D eigenvalue weighted by Gasteiger charge is 2.09. The summed E-state index contributed by atoms with van der Waals surface area (Å²) in [6, 6.07) is 13.5. The quantitative estimate of drug-likeness (QED) is 0.560. The lowest BCUT2D eigenvalue weighted by Crippen LogP contribution is -2.18. The number of benzene rings is 2. The lowest BCUT2D eigenvalue weighted by Gasteiger charge is -2.10. The maximum Gasteiger partial charge on any atom is 0.291 e. The van der Waals surface area contributed by atoms with Crippen molar-refractivity contribution in [1.82, 2.24) is 15.6 Å². The van der Waals surface area contributed by atoms with Crippen molar-refractivity contribution in [2.45, 2.75) is 13.8 Å².